The Bertz CT molecular complexity index is 71.7. The van der Waals surface area contributed by atoms with Gasteiger partial charge in [-0.15, -0.1) is 24.8 Å². The first-order valence-electron chi connectivity index (χ1n) is 1.30. The minimum absolute atomic E-state index is 0. The van der Waals surface area contributed by atoms with Gasteiger partial charge in [0.15, 0.2) is 0 Å². The van der Waals surface area contributed by atoms with E-state index >= 15 is 0 Å². The monoisotopic (exact) mass is 196 g/mol. The van der Waals surface area contributed by atoms with Gasteiger partial charge in [-0.3, -0.25) is 0 Å². The lowest BCUT2D eigenvalue weighted by molar-refractivity contribution is 0.135. The first kappa shape index (κ1) is 22.9. The molecule has 0 aliphatic carbocycles. The summed E-state index contributed by atoms with van der Waals surface area (Å²) >= 11 is 0. The molecule has 0 radical (unpaired) electrons. The molecule has 4 N–H and O–H groups in total. The maximum absolute atomic E-state index is 8.56. The van der Waals surface area contributed by atoms with E-state index in [1.54, 1.807) is 0 Å². The van der Waals surface area contributed by atoms with E-state index in [0.717, 1.165) is 0 Å². The number of carbonyl (C=O) groups is 2. The molecule has 0 saturated heterocycles. The van der Waals surface area contributed by atoms with E-state index in [9.17, 15) is 0 Å². The Labute approximate surface area is 67.9 Å². The molecule has 0 rings (SSSR count). The number of hydrogen-bond acceptors (Lipinski definition) is 2. The largest absolute Gasteiger partial charge is 0.503 e. The lowest BCUT2D eigenvalue weighted by Crippen LogP contribution is -1.81. The van der Waals surface area contributed by atoms with E-state index in [0.29, 0.717) is 0 Å². The lowest BCUT2D eigenvalue weighted by atomic mass is 11.5. The van der Waals surface area contributed by atoms with Crippen LogP contribution in [0.1, 0.15) is 0 Å². The molecular weight excluding hydrogens is 191 g/mol. The third-order valence-corrected chi connectivity index (χ3v) is 0. The molecule has 0 unspecified atom stereocenters. The van der Waals surface area contributed by atoms with E-state index < -0.39 is 12.3 Å². The van der Waals surface area contributed by atoms with Crippen LogP contribution in [0.2, 0.25) is 0 Å². The number of carboxylic acid groups (broad SMARTS) is 4. The highest BCUT2D eigenvalue weighted by molar-refractivity contribution is 5.85. The van der Waals surface area contributed by atoms with Crippen LogP contribution in [0.4, 0.5) is 9.59 Å². The minimum Gasteiger partial charge on any atom is -0.450 e. The molecule has 6 nitrogen and oxygen atoms in total. The molecule has 0 aromatic rings. The molecule has 10 heavy (non-hydrogen) atoms. The van der Waals surface area contributed by atoms with Crippen LogP contribution in [0.3, 0.4) is 0 Å². The van der Waals surface area contributed by atoms with Gasteiger partial charge in [-0.1, -0.05) is 0 Å². The van der Waals surface area contributed by atoms with Crippen LogP contribution in [-0.4, -0.2) is 32.7 Å². The predicted octanol–water partition coefficient (Wildman–Crippen LogP) is 1.29. The van der Waals surface area contributed by atoms with Crippen LogP contribution >= 0.6 is 24.8 Å². The number of rotatable bonds is 0. The van der Waals surface area contributed by atoms with Crippen molar-refractivity contribution in [3.63, 3.8) is 0 Å². The molecule has 0 bridgehead atoms. The SMILES string of the molecule is Cl.Cl.O=C(O)O.O=C(O)O. The Morgan fingerprint density at radius 3 is 0.700 bits per heavy atom. The van der Waals surface area contributed by atoms with Crippen molar-refractivity contribution >= 4 is 37.1 Å². The van der Waals surface area contributed by atoms with Crippen molar-refractivity contribution < 1.29 is 30.0 Å². The van der Waals surface area contributed by atoms with Crippen LogP contribution in [-0.2, 0) is 0 Å². The second-order valence-corrected chi connectivity index (χ2v) is 0.565. The highest BCUT2D eigenvalue weighted by Crippen LogP contribution is 1.43. The first-order valence-corrected chi connectivity index (χ1v) is 1.30. The van der Waals surface area contributed by atoms with Crippen molar-refractivity contribution in [3.05, 3.63) is 0 Å². The summed E-state index contributed by atoms with van der Waals surface area (Å²) in [4.78, 5) is 17.1. The summed E-state index contributed by atoms with van der Waals surface area (Å²) in [6.07, 6.45) is -3.67. The standard InChI is InChI=1S/2CH2O3.2ClH/c2*2-1(3)4;;/h2*(H2,2,3,4);2*1H. The third kappa shape index (κ3) is 344. The van der Waals surface area contributed by atoms with E-state index in [1.807, 2.05) is 0 Å². The van der Waals surface area contributed by atoms with Crippen LogP contribution in [0.25, 0.3) is 0 Å². The molecule has 0 heterocycles. The molecule has 0 atom stereocenters. The summed E-state index contributed by atoms with van der Waals surface area (Å²) in [6, 6.07) is 0. The molecule has 0 amide bonds. The normalized spacial score (nSPS) is 4.80. The second kappa shape index (κ2) is 15.7. The van der Waals surface area contributed by atoms with Gasteiger partial charge < -0.3 is 20.4 Å². The van der Waals surface area contributed by atoms with E-state index in [2.05, 4.69) is 0 Å². The fraction of sp³-hybridized carbons (Fsp3) is 0. The molecule has 0 spiro atoms. The van der Waals surface area contributed by atoms with Crippen molar-refractivity contribution in [1.82, 2.24) is 0 Å². The van der Waals surface area contributed by atoms with Gasteiger partial charge in [-0.05, 0) is 0 Å². The molecular formula is C2H6Cl2O6. The average Bonchev–Trinajstić information content (AvgIpc) is 1.25. The zero-order chi connectivity index (χ0) is 7.15. The molecule has 0 saturated carbocycles. The predicted molar refractivity (Wildman–Crippen MR) is 35.8 cm³/mol. The number of halogens is 2. The summed E-state index contributed by atoms with van der Waals surface area (Å²) in [5, 5.41) is 27.9. The summed E-state index contributed by atoms with van der Waals surface area (Å²) in [6.45, 7) is 0. The van der Waals surface area contributed by atoms with Gasteiger partial charge in [0, 0.05) is 0 Å². The van der Waals surface area contributed by atoms with Crippen LogP contribution < -0.4 is 0 Å². The Morgan fingerprint density at radius 1 is 0.700 bits per heavy atom. The van der Waals surface area contributed by atoms with E-state index in [1.165, 1.54) is 0 Å². The summed E-state index contributed by atoms with van der Waals surface area (Å²) in [5.41, 5.74) is 0. The molecule has 64 valence electrons. The lowest BCUT2D eigenvalue weighted by Gasteiger charge is -1.60. The van der Waals surface area contributed by atoms with Gasteiger partial charge in [0.25, 0.3) is 0 Å². The molecule has 0 aliphatic heterocycles. The summed E-state index contributed by atoms with van der Waals surface area (Å²) in [7, 11) is 0. The van der Waals surface area contributed by atoms with Gasteiger partial charge in [-0.2, -0.15) is 0 Å². The molecule has 0 fully saturated rings. The Morgan fingerprint density at radius 2 is 0.700 bits per heavy atom. The van der Waals surface area contributed by atoms with Gasteiger partial charge >= 0.3 is 12.3 Å². The maximum Gasteiger partial charge on any atom is 0.503 e. The highest BCUT2D eigenvalue weighted by Gasteiger charge is 1.70. The van der Waals surface area contributed by atoms with Crippen LogP contribution in [0.5, 0.6) is 0 Å². The average molecular weight is 197 g/mol. The number of hydrogen-bond donors (Lipinski definition) is 4. The van der Waals surface area contributed by atoms with Crippen molar-refractivity contribution in [2.24, 2.45) is 0 Å². The quantitative estimate of drug-likeness (QED) is 0.464. The second-order valence-electron chi connectivity index (χ2n) is 0.565. The smallest absolute Gasteiger partial charge is 0.450 e. The fourth-order valence-corrected chi connectivity index (χ4v) is 0. The molecule has 0 aliphatic rings. The zero-order valence-corrected chi connectivity index (χ0v) is 6.05. The zero-order valence-electron chi connectivity index (χ0n) is 4.42. The molecule has 0 aromatic carbocycles. The molecule has 0 aromatic heterocycles. The summed E-state index contributed by atoms with van der Waals surface area (Å²) < 4.78 is 0. The molecule has 8 heteroatoms. The highest BCUT2D eigenvalue weighted by atomic mass is 35.5. The first-order chi connectivity index (χ1) is 3.46. The van der Waals surface area contributed by atoms with Gasteiger partial charge in [0.1, 0.15) is 0 Å². The maximum atomic E-state index is 8.56. The minimum atomic E-state index is -1.83. The fourth-order valence-electron chi connectivity index (χ4n) is 0. The van der Waals surface area contributed by atoms with Gasteiger partial charge in [0.2, 0.25) is 0 Å². The van der Waals surface area contributed by atoms with Crippen molar-refractivity contribution in [1.29, 1.82) is 0 Å². The van der Waals surface area contributed by atoms with Gasteiger partial charge in [-0.25, -0.2) is 9.59 Å². The van der Waals surface area contributed by atoms with Crippen molar-refractivity contribution in [2.45, 2.75) is 0 Å². The Kier molecular flexibility index (Phi) is 36.0. The van der Waals surface area contributed by atoms with Crippen LogP contribution in [0, 0.1) is 0 Å². The Balaban J connectivity index is -0.0000000300. The van der Waals surface area contributed by atoms with Crippen molar-refractivity contribution in [2.75, 3.05) is 0 Å². The van der Waals surface area contributed by atoms with Crippen LogP contribution in [0.15, 0.2) is 0 Å². The topological polar surface area (TPSA) is 115 Å². The van der Waals surface area contributed by atoms with E-state index in [-0.39, 0.29) is 24.8 Å². The summed E-state index contributed by atoms with van der Waals surface area (Å²) in [5.74, 6) is 0. The Hall–Kier alpha value is -0.880. The van der Waals surface area contributed by atoms with Gasteiger partial charge in [0.05, 0.1) is 0 Å². The van der Waals surface area contributed by atoms with E-state index in [4.69, 9.17) is 30.0 Å². The third-order valence-electron chi connectivity index (χ3n) is 0. The van der Waals surface area contributed by atoms with Crippen molar-refractivity contribution in [3.8, 4) is 0 Å².